The molecule has 2 aromatic carbocycles. The maximum Gasteiger partial charge on any atom is 0.109 e. The summed E-state index contributed by atoms with van der Waals surface area (Å²) in [4.78, 5) is 7.08. The molecule has 2 N–H and O–H groups in total. The van der Waals surface area contributed by atoms with E-state index in [9.17, 15) is 5.26 Å². The number of rotatable bonds is 7. The molecule has 9 heteroatoms. The van der Waals surface area contributed by atoms with Crippen LogP contribution in [0.5, 0.6) is 0 Å². The van der Waals surface area contributed by atoms with Gasteiger partial charge in [-0.05, 0) is 63.6 Å². The van der Waals surface area contributed by atoms with Gasteiger partial charge in [0, 0.05) is 41.9 Å². The van der Waals surface area contributed by atoms with E-state index in [1.807, 2.05) is 35.0 Å². The van der Waals surface area contributed by atoms with Gasteiger partial charge in [-0.15, -0.1) is 5.10 Å². The fraction of sp³-hybridized carbons (Fsp3) is 0.471. The summed E-state index contributed by atoms with van der Waals surface area (Å²) in [5.74, 6) is 0. The molecule has 2 aromatic heterocycles. The van der Waals surface area contributed by atoms with Crippen LogP contribution in [0.15, 0.2) is 54.9 Å². The molecular weight excluding hydrogens is 556 g/mol. The second-order valence-corrected chi connectivity index (χ2v) is 14.2. The Morgan fingerprint density at radius 3 is 2.35 bits per heavy atom. The van der Waals surface area contributed by atoms with E-state index in [0.717, 1.165) is 53.9 Å². The van der Waals surface area contributed by atoms with Crippen molar-refractivity contribution in [1.29, 1.82) is 5.26 Å². The molecule has 0 bridgehead atoms. The van der Waals surface area contributed by atoms with E-state index in [1.54, 1.807) is 6.20 Å². The molecule has 1 aliphatic rings. The van der Waals surface area contributed by atoms with Crippen molar-refractivity contribution in [3.63, 3.8) is 0 Å². The number of nitrogens with one attached hydrogen (secondary N) is 2. The van der Waals surface area contributed by atoms with Gasteiger partial charge in [-0.2, -0.15) is 5.26 Å². The minimum atomic E-state index is -0.254. The molecule has 8 nitrogen and oxygen atoms in total. The number of benzene rings is 2. The van der Waals surface area contributed by atoms with Crippen LogP contribution in [0.2, 0.25) is 5.02 Å². The maximum absolute atomic E-state index is 9.94. The SMILES string of the molecule is C[C@H](Nc1c(C#N)cnc2c(Cl)cc(N[C@@H](c3ccccc3)c3cn(C4CCN(C(C)(C)C)CC4)nn3)cc12)C(C)(C)C. The number of likely N-dealkylation sites (tertiary alicyclic amines) is 1. The Morgan fingerprint density at radius 2 is 1.72 bits per heavy atom. The molecule has 5 rings (SSSR count). The smallest absolute Gasteiger partial charge is 0.109 e. The Balaban J connectivity index is 1.49. The van der Waals surface area contributed by atoms with Crippen molar-refractivity contribution >= 4 is 33.9 Å². The predicted octanol–water partition coefficient (Wildman–Crippen LogP) is 7.83. The molecule has 0 radical (unpaired) electrons. The van der Waals surface area contributed by atoms with Gasteiger partial charge in [0.2, 0.25) is 0 Å². The van der Waals surface area contributed by atoms with Crippen molar-refractivity contribution in [2.75, 3.05) is 23.7 Å². The fourth-order valence-electron chi connectivity index (χ4n) is 5.56. The highest BCUT2D eigenvalue weighted by Gasteiger charge is 2.29. The first kappa shape index (κ1) is 30.8. The van der Waals surface area contributed by atoms with Crippen molar-refractivity contribution in [3.05, 3.63) is 76.7 Å². The van der Waals surface area contributed by atoms with E-state index in [2.05, 4.69) is 104 Å². The van der Waals surface area contributed by atoms with Gasteiger partial charge in [-0.1, -0.05) is 67.9 Å². The summed E-state index contributed by atoms with van der Waals surface area (Å²) in [6, 6.07) is 16.6. The first-order valence-electron chi connectivity index (χ1n) is 15.1. The van der Waals surface area contributed by atoms with Crippen molar-refractivity contribution in [1.82, 2.24) is 24.9 Å². The molecule has 0 unspecified atom stereocenters. The molecule has 226 valence electrons. The Labute approximate surface area is 260 Å². The molecule has 4 aromatic rings. The van der Waals surface area contributed by atoms with Gasteiger partial charge in [0.05, 0.1) is 40.1 Å². The maximum atomic E-state index is 9.94. The third-order valence-electron chi connectivity index (χ3n) is 8.76. The number of nitrogens with zero attached hydrogens (tertiary/aromatic N) is 6. The lowest BCUT2D eigenvalue weighted by Crippen LogP contribution is -2.46. The van der Waals surface area contributed by atoms with Crippen LogP contribution in [0, 0.1) is 16.7 Å². The van der Waals surface area contributed by atoms with Gasteiger partial charge >= 0.3 is 0 Å². The zero-order valence-corrected chi connectivity index (χ0v) is 27.1. The van der Waals surface area contributed by atoms with Crippen LogP contribution in [-0.2, 0) is 0 Å². The summed E-state index contributed by atoms with van der Waals surface area (Å²) in [5.41, 5.74) is 4.74. The minimum absolute atomic E-state index is 0.0183. The Kier molecular flexibility index (Phi) is 8.69. The summed E-state index contributed by atoms with van der Waals surface area (Å²) in [6.45, 7) is 17.6. The third kappa shape index (κ3) is 6.79. The second kappa shape index (κ2) is 12.1. The molecule has 1 fully saturated rings. The lowest BCUT2D eigenvalue weighted by atomic mass is 9.87. The normalized spacial score (nSPS) is 16.5. The summed E-state index contributed by atoms with van der Waals surface area (Å²) in [5, 5.41) is 27.8. The number of hydrogen-bond acceptors (Lipinski definition) is 7. The standard InChI is InChI=1S/C34H43ClN8/c1-22(33(2,3)4)38-30-24(19-36)20-37-32-27(30)17-25(18-28(32)35)39-31(23-11-9-8-10-12-23)29-21-43(41-40-29)26-13-15-42(16-14-26)34(5,6)7/h8-12,17-18,20-22,26,31,39H,13-16H2,1-7H3,(H,37,38)/t22-,31-/m0/s1. The molecule has 0 saturated carbocycles. The van der Waals surface area contributed by atoms with Gasteiger partial charge in [-0.3, -0.25) is 9.88 Å². The van der Waals surface area contributed by atoms with Crippen LogP contribution < -0.4 is 10.6 Å². The molecular formula is C34H43ClN8. The van der Waals surface area contributed by atoms with Gasteiger partial charge in [0.15, 0.2) is 0 Å². The van der Waals surface area contributed by atoms with Crippen LogP contribution >= 0.6 is 11.6 Å². The molecule has 43 heavy (non-hydrogen) atoms. The van der Waals surface area contributed by atoms with Crippen LogP contribution in [0.3, 0.4) is 0 Å². The Hall–Kier alpha value is -3.67. The Morgan fingerprint density at radius 1 is 1.02 bits per heavy atom. The molecule has 3 heterocycles. The van der Waals surface area contributed by atoms with Crippen LogP contribution in [0.1, 0.15) is 90.2 Å². The summed E-state index contributed by atoms with van der Waals surface area (Å²) < 4.78 is 2.04. The lowest BCUT2D eigenvalue weighted by molar-refractivity contribution is 0.0866. The molecule has 0 spiro atoms. The van der Waals surface area contributed by atoms with E-state index in [4.69, 9.17) is 11.6 Å². The molecule has 0 amide bonds. The van der Waals surface area contributed by atoms with E-state index >= 15 is 0 Å². The second-order valence-electron chi connectivity index (χ2n) is 13.7. The van der Waals surface area contributed by atoms with E-state index in [-0.39, 0.29) is 23.0 Å². The summed E-state index contributed by atoms with van der Waals surface area (Å²) in [6.07, 6.45) is 5.76. The number of hydrogen-bond donors (Lipinski definition) is 2. The zero-order valence-electron chi connectivity index (χ0n) is 26.3. The highest BCUT2D eigenvalue weighted by atomic mass is 35.5. The molecule has 2 atom stereocenters. The van der Waals surface area contributed by atoms with E-state index < -0.39 is 0 Å². The largest absolute Gasteiger partial charge is 0.380 e. The topological polar surface area (TPSA) is 94.7 Å². The number of fused-ring (bicyclic) bond motifs is 1. The van der Waals surface area contributed by atoms with Crippen molar-refractivity contribution in [2.24, 2.45) is 5.41 Å². The number of aromatic nitrogens is 4. The third-order valence-corrected chi connectivity index (χ3v) is 9.05. The van der Waals surface area contributed by atoms with Crippen molar-refractivity contribution < 1.29 is 0 Å². The molecule has 1 aliphatic heterocycles. The Bertz CT molecular complexity index is 1600. The minimum Gasteiger partial charge on any atom is -0.380 e. The first-order valence-corrected chi connectivity index (χ1v) is 15.5. The first-order chi connectivity index (χ1) is 20.3. The van der Waals surface area contributed by atoms with Crippen molar-refractivity contribution in [2.45, 2.75) is 85.0 Å². The van der Waals surface area contributed by atoms with E-state index in [1.165, 1.54) is 0 Å². The van der Waals surface area contributed by atoms with Crippen LogP contribution in [0.4, 0.5) is 11.4 Å². The fourth-order valence-corrected chi connectivity index (χ4v) is 5.83. The zero-order chi connectivity index (χ0) is 30.9. The van der Waals surface area contributed by atoms with Gasteiger partial charge in [-0.25, -0.2) is 4.68 Å². The van der Waals surface area contributed by atoms with Gasteiger partial charge in [0.25, 0.3) is 0 Å². The molecule has 1 saturated heterocycles. The predicted molar refractivity (Wildman–Crippen MR) is 176 cm³/mol. The number of pyridine rings is 1. The lowest BCUT2D eigenvalue weighted by Gasteiger charge is -2.40. The molecule has 0 aliphatic carbocycles. The van der Waals surface area contributed by atoms with Crippen molar-refractivity contribution in [3.8, 4) is 6.07 Å². The monoisotopic (exact) mass is 598 g/mol. The number of anilines is 2. The highest BCUT2D eigenvalue weighted by Crippen LogP contribution is 2.37. The average molecular weight is 599 g/mol. The quantitative estimate of drug-likeness (QED) is 0.224. The van der Waals surface area contributed by atoms with Crippen LogP contribution in [0.25, 0.3) is 10.9 Å². The number of halogens is 1. The van der Waals surface area contributed by atoms with Gasteiger partial charge < -0.3 is 10.6 Å². The van der Waals surface area contributed by atoms with Crippen LogP contribution in [-0.4, -0.2) is 49.5 Å². The summed E-state index contributed by atoms with van der Waals surface area (Å²) in [7, 11) is 0. The number of piperidine rings is 1. The highest BCUT2D eigenvalue weighted by molar-refractivity contribution is 6.35. The van der Waals surface area contributed by atoms with Gasteiger partial charge in [0.1, 0.15) is 11.8 Å². The average Bonchev–Trinajstić information content (AvgIpc) is 3.46. The summed E-state index contributed by atoms with van der Waals surface area (Å²) >= 11 is 6.83. The number of nitriles is 1. The van der Waals surface area contributed by atoms with E-state index in [0.29, 0.717) is 22.1 Å².